The van der Waals surface area contributed by atoms with Crippen LogP contribution in [0.3, 0.4) is 0 Å². The van der Waals surface area contributed by atoms with E-state index < -0.39 is 0 Å². The summed E-state index contributed by atoms with van der Waals surface area (Å²) in [5, 5.41) is 22.1. The van der Waals surface area contributed by atoms with Crippen LogP contribution >= 0.6 is 0 Å². The van der Waals surface area contributed by atoms with Gasteiger partial charge < -0.3 is 10.2 Å². The number of rotatable bonds is 4. The fourth-order valence-corrected chi connectivity index (χ4v) is 9.22. The molecular formula is C29H48O2. The fraction of sp³-hybridized carbons (Fsp3) is 0.862. The second-order valence-corrected chi connectivity index (χ2v) is 13.1. The molecule has 0 heterocycles. The summed E-state index contributed by atoms with van der Waals surface area (Å²) in [7, 11) is 0. The summed E-state index contributed by atoms with van der Waals surface area (Å²) in [6.45, 7) is 16.4. The van der Waals surface area contributed by atoms with Crippen LogP contribution in [-0.2, 0) is 0 Å². The maximum atomic E-state index is 11.4. The van der Waals surface area contributed by atoms with E-state index in [4.69, 9.17) is 0 Å². The standard InChI is InChI=1S/C29H48O2/c1-18(2)9-8-10-19(3)22-17-23(30)26-20-11-12-24-27(4,5)25(31)14-16-28(24,6)21(20)13-15-29(22,26)7/h9,12,19-23,25-26,30-31H,8,10-11,13-17H2,1-7H3/t19-,20-,21+,22-,23-,25-,26-,28-,29-/m1/s1. The number of allylic oxidation sites excluding steroid dienone is 3. The minimum atomic E-state index is -0.222. The van der Waals surface area contributed by atoms with E-state index in [0.29, 0.717) is 29.6 Å². The Balaban J connectivity index is 1.60. The molecule has 0 unspecified atom stereocenters. The SMILES string of the molecule is CC(C)=CCC[C@@H](C)[C@H]1C[C@@H](O)[C@H]2[C@@H]3CC=C4C(C)(C)[C@H](O)CC[C@]4(C)[C@H]3CC[C@@]21C. The highest BCUT2D eigenvalue weighted by Crippen LogP contribution is 2.68. The minimum Gasteiger partial charge on any atom is -0.393 e. The van der Waals surface area contributed by atoms with Gasteiger partial charge in [0, 0.05) is 5.41 Å². The van der Waals surface area contributed by atoms with Crippen LogP contribution in [0.4, 0.5) is 0 Å². The van der Waals surface area contributed by atoms with Crippen molar-refractivity contribution >= 4 is 0 Å². The predicted octanol–water partition coefficient (Wildman–Crippen LogP) is 6.92. The maximum Gasteiger partial charge on any atom is 0.0628 e. The zero-order valence-corrected chi connectivity index (χ0v) is 21.2. The van der Waals surface area contributed by atoms with Gasteiger partial charge >= 0.3 is 0 Å². The predicted molar refractivity (Wildman–Crippen MR) is 130 cm³/mol. The summed E-state index contributed by atoms with van der Waals surface area (Å²) in [5.74, 6) is 3.01. The molecule has 0 amide bonds. The van der Waals surface area contributed by atoms with Crippen molar-refractivity contribution in [3.05, 3.63) is 23.3 Å². The van der Waals surface area contributed by atoms with Crippen LogP contribution < -0.4 is 0 Å². The average Bonchev–Trinajstić information content (AvgIpc) is 2.96. The molecule has 4 rings (SSSR count). The average molecular weight is 429 g/mol. The molecular weight excluding hydrogens is 380 g/mol. The van der Waals surface area contributed by atoms with Gasteiger partial charge in [0.05, 0.1) is 12.2 Å². The summed E-state index contributed by atoms with van der Waals surface area (Å²) >= 11 is 0. The summed E-state index contributed by atoms with van der Waals surface area (Å²) in [6, 6.07) is 0. The first-order valence-corrected chi connectivity index (χ1v) is 13.1. The molecule has 31 heavy (non-hydrogen) atoms. The maximum absolute atomic E-state index is 11.4. The highest BCUT2D eigenvalue weighted by molar-refractivity contribution is 5.31. The van der Waals surface area contributed by atoms with Crippen molar-refractivity contribution < 1.29 is 10.2 Å². The van der Waals surface area contributed by atoms with Crippen LogP contribution in [0.5, 0.6) is 0 Å². The van der Waals surface area contributed by atoms with Crippen molar-refractivity contribution in [3.63, 3.8) is 0 Å². The zero-order chi connectivity index (χ0) is 22.8. The Morgan fingerprint density at radius 1 is 1.13 bits per heavy atom. The Hall–Kier alpha value is -0.600. The lowest BCUT2D eigenvalue weighted by Gasteiger charge is -2.61. The molecule has 2 N–H and O–H groups in total. The smallest absolute Gasteiger partial charge is 0.0628 e. The van der Waals surface area contributed by atoms with Crippen LogP contribution in [0.1, 0.15) is 99.8 Å². The molecule has 176 valence electrons. The highest BCUT2D eigenvalue weighted by Gasteiger charge is 2.63. The van der Waals surface area contributed by atoms with Gasteiger partial charge in [-0.25, -0.2) is 0 Å². The molecule has 0 aliphatic heterocycles. The third kappa shape index (κ3) is 3.59. The summed E-state index contributed by atoms with van der Waals surface area (Å²) < 4.78 is 0. The van der Waals surface area contributed by atoms with Gasteiger partial charge in [-0.15, -0.1) is 0 Å². The van der Waals surface area contributed by atoms with Crippen LogP contribution in [0.2, 0.25) is 0 Å². The van der Waals surface area contributed by atoms with Gasteiger partial charge in [-0.3, -0.25) is 0 Å². The summed E-state index contributed by atoms with van der Waals surface area (Å²) in [6.07, 6.45) is 13.6. The first-order chi connectivity index (χ1) is 14.4. The van der Waals surface area contributed by atoms with Gasteiger partial charge in [0.15, 0.2) is 0 Å². The first kappa shape index (κ1) is 23.6. The van der Waals surface area contributed by atoms with E-state index in [9.17, 15) is 10.2 Å². The summed E-state index contributed by atoms with van der Waals surface area (Å²) in [4.78, 5) is 0. The highest BCUT2D eigenvalue weighted by atomic mass is 16.3. The van der Waals surface area contributed by atoms with Crippen molar-refractivity contribution in [2.24, 2.45) is 45.8 Å². The van der Waals surface area contributed by atoms with E-state index in [0.717, 1.165) is 25.7 Å². The molecule has 9 atom stereocenters. The summed E-state index contributed by atoms with van der Waals surface area (Å²) in [5.41, 5.74) is 3.29. The van der Waals surface area contributed by atoms with Crippen LogP contribution in [0, 0.1) is 45.8 Å². The van der Waals surface area contributed by atoms with Gasteiger partial charge in [-0.05, 0) is 106 Å². The van der Waals surface area contributed by atoms with Gasteiger partial charge in [0.25, 0.3) is 0 Å². The normalized spacial score (nSPS) is 46.9. The number of hydrogen-bond acceptors (Lipinski definition) is 2. The van der Waals surface area contributed by atoms with Gasteiger partial charge in [-0.2, -0.15) is 0 Å². The topological polar surface area (TPSA) is 40.5 Å². The van der Waals surface area contributed by atoms with E-state index in [-0.39, 0.29) is 28.5 Å². The van der Waals surface area contributed by atoms with Crippen LogP contribution in [0.15, 0.2) is 23.3 Å². The van der Waals surface area contributed by atoms with Crippen molar-refractivity contribution in [1.82, 2.24) is 0 Å². The molecule has 2 nitrogen and oxygen atoms in total. The van der Waals surface area contributed by atoms with E-state index in [2.05, 4.69) is 60.6 Å². The minimum absolute atomic E-state index is 0.116. The van der Waals surface area contributed by atoms with Gasteiger partial charge in [0.1, 0.15) is 0 Å². The van der Waals surface area contributed by atoms with Crippen molar-refractivity contribution in [2.75, 3.05) is 0 Å². The fourth-order valence-electron chi connectivity index (χ4n) is 9.22. The van der Waals surface area contributed by atoms with Crippen molar-refractivity contribution in [1.29, 1.82) is 0 Å². The number of hydrogen-bond donors (Lipinski definition) is 2. The zero-order valence-electron chi connectivity index (χ0n) is 21.2. The second kappa shape index (κ2) is 8.01. The number of fused-ring (bicyclic) bond motifs is 5. The van der Waals surface area contributed by atoms with E-state index >= 15 is 0 Å². The largest absolute Gasteiger partial charge is 0.393 e. The van der Waals surface area contributed by atoms with E-state index in [1.807, 2.05) is 0 Å². The molecule has 0 aromatic heterocycles. The molecule has 0 bridgehead atoms. The first-order valence-electron chi connectivity index (χ1n) is 13.1. The van der Waals surface area contributed by atoms with Crippen molar-refractivity contribution in [3.8, 4) is 0 Å². The lowest BCUT2D eigenvalue weighted by Crippen LogP contribution is -2.55. The molecule has 3 fully saturated rings. The molecule has 0 spiro atoms. The lowest BCUT2D eigenvalue weighted by atomic mass is 9.44. The van der Waals surface area contributed by atoms with Gasteiger partial charge in [-0.1, -0.05) is 57.9 Å². The Morgan fingerprint density at radius 3 is 2.52 bits per heavy atom. The molecule has 4 aliphatic rings. The molecule has 0 saturated heterocycles. The van der Waals surface area contributed by atoms with E-state index in [1.54, 1.807) is 0 Å². The van der Waals surface area contributed by atoms with Crippen molar-refractivity contribution in [2.45, 2.75) is 112 Å². The molecule has 0 aromatic rings. The molecule has 0 aromatic carbocycles. The van der Waals surface area contributed by atoms with E-state index in [1.165, 1.54) is 36.8 Å². The quantitative estimate of drug-likeness (QED) is 0.477. The molecule has 3 saturated carbocycles. The number of aliphatic hydroxyl groups excluding tert-OH is 2. The Labute approximate surface area is 191 Å². The third-order valence-electron chi connectivity index (χ3n) is 10.8. The molecule has 2 heteroatoms. The van der Waals surface area contributed by atoms with Gasteiger partial charge in [0.2, 0.25) is 0 Å². The Morgan fingerprint density at radius 2 is 1.84 bits per heavy atom. The van der Waals surface area contributed by atoms with Crippen LogP contribution in [0.25, 0.3) is 0 Å². The van der Waals surface area contributed by atoms with Crippen LogP contribution in [-0.4, -0.2) is 22.4 Å². The Kier molecular flexibility index (Phi) is 6.09. The lowest BCUT2D eigenvalue weighted by molar-refractivity contribution is -0.0960. The Bertz CT molecular complexity index is 744. The monoisotopic (exact) mass is 428 g/mol. The number of aliphatic hydroxyl groups is 2. The third-order valence-corrected chi connectivity index (χ3v) is 10.8. The molecule has 0 radical (unpaired) electrons. The molecule has 4 aliphatic carbocycles. The second-order valence-electron chi connectivity index (χ2n) is 13.1.